The van der Waals surface area contributed by atoms with Crippen LogP contribution >= 0.6 is 0 Å². The molecule has 0 N–H and O–H groups in total. The standard InChI is InChI=1S/C28H36F4O2/c1-3-17-10-13-23(27(32)24(17)29)28(33)34-20-11-8-19(9-12-20)22-15-14-21(25(30)26(22)31)18-6-4-16(2)5-7-18/h14-20,23H,3-13H2,1-2H3. The molecule has 0 aromatic heterocycles. The monoisotopic (exact) mass is 480 g/mol. The lowest BCUT2D eigenvalue weighted by Gasteiger charge is -2.31. The number of hydrogen-bond donors (Lipinski definition) is 0. The van der Waals surface area contributed by atoms with E-state index in [9.17, 15) is 18.0 Å². The quantitative estimate of drug-likeness (QED) is 0.312. The van der Waals surface area contributed by atoms with Gasteiger partial charge in [-0.05, 0) is 86.7 Å². The SMILES string of the molecule is CCC1CCC(C(=O)OC2CCC(c3ccc(C4CCC(C)CC4)c(F)c3F)CC2)C(F)=C1F. The van der Waals surface area contributed by atoms with Crippen molar-refractivity contribution in [3.05, 3.63) is 46.5 Å². The Kier molecular flexibility index (Phi) is 8.04. The maximum atomic E-state index is 15.0. The lowest BCUT2D eigenvalue weighted by Crippen LogP contribution is -2.30. The van der Waals surface area contributed by atoms with Crippen molar-refractivity contribution in [1.82, 2.24) is 0 Å². The summed E-state index contributed by atoms with van der Waals surface area (Å²) in [5.74, 6) is -5.00. The molecule has 34 heavy (non-hydrogen) atoms. The molecule has 2 saturated carbocycles. The molecular weight excluding hydrogens is 444 g/mol. The van der Waals surface area contributed by atoms with E-state index in [4.69, 9.17) is 4.74 Å². The Hall–Kier alpha value is -1.85. The molecule has 3 aliphatic carbocycles. The number of hydrogen-bond acceptors (Lipinski definition) is 2. The molecule has 0 heterocycles. The number of rotatable bonds is 5. The first-order valence-corrected chi connectivity index (χ1v) is 13.0. The molecule has 6 heteroatoms. The molecular formula is C28H36F4O2. The van der Waals surface area contributed by atoms with Gasteiger partial charge in [-0.2, -0.15) is 0 Å². The van der Waals surface area contributed by atoms with Crippen molar-refractivity contribution in [2.75, 3.05) is 0 Å². The Morgan fingerprint density at radius 1 is 0.794 bits per heavy atom. The molecule has 0 spiro atoms. The average molecular weight is 481 g/mol. The van der Waals surface area contributed by atoms with Crippen LogP contribution in [0.15, 0.2) is 23.8 Å². The highest BCUT2D eigenvalue weighted by Gasteiger charge is 2.37. The number of benzene rings is 1. The molecule has 2 fully saturated rings. The fraction of sp³-hybridized carbons (Fsp3) is 0.679. The minimum absolute atomic E-state index is 0.0848. The summed E-state index contributed by atoms with van der Waals surface area (Å²) in [6, 6.07) is 3.49. The first-order valence-electron chi connectivity index (χ1n) is 13.0. The second-order valence-electron chi connectivity index (χ2n) is 10.7. The van der Waals surface area contributed by atoms with Crippen molar-refractivity contribution in [1.29, 1.82) is 0 Å². The van der Waals surface area contributed by atoms with E-state index in [1.165, 1.54) is 0 Å². The normalized spacial score (nSPS) is 32.5. The van der Waals surface area contributed by atoms with Gasteiger partial charge in [0.15, 0.2) is 11.6 Å². The zero-order valence-electron chi connectivity index (χ0n) is 20.2. The summed E-state index contributed by atoms with van der Waals surface area (Å²) in [5.41, 5.74) is 0.889. The lowest BCUT2D eigenvalue weighted by molar-refractivity contribution is -0.155. The third-order valence-electron chi connectivity index (χ3n) is 8.47. The van der Waals surface area contributed by atoms with Gasteiger partial charge in [-0.15, -0.1) is 0 Å². The highest BCUT2D eigenvalue weighted by Crippen LogP contribution is 2.42. The van der Waals surface area contributed by atoms with Crippen molar-refractivity contribution >= 4 is 5.97 Å². The summed E-state index contributed by atoms with van der Waals surface area (Å²) < 4.78 is 64.0. The molecule has 2 nitrogen and oxygen atoms in total. The minimum Gasteiger partial charge on any atom is -0.462 e. The van der Waals surface area contributed by atoms with Gasteiger partial charge >= 0.3 is 5.97 Å². The highest BCUT2D eigenvalue weighted by atomic mass is 19.2. The largest absolute Gasteiger partial charge is 0.462 e. The van der Waals surface area contributed by atoms with Crippen molar-refractivity contribution < 1.29 is 27.1 Å². The minimum atomic E-state index is -1.16. The van der Waals surface area contributed by atoms with Gasteiger partial charge in [0.05, 0.1) is 0 Å². The van der Waals surface area contributed by atoms with Crippen molar-refractivity contribution in [2.24, 2.45) is 17.8 Å². The molecule has 1 aromatic carbocycles. The molecule has 0 aliphatic heterocycles. The van der Waals surface area contributed by atoms with Crippen LogP contribution in [0.25, 0.3) is 0 Å². The first-order chi connectivity index (χ1) is 16.3. The van der Waals surface area contributed by atoms with Gasteiger partial charge in [-0.25, -0.2) is 17.6 Å². The van der Waals surface area contributed by atoms with E-state index in [1.807, 2.05) is 0 Å². The summed E-state index contributed by atoms with van der Waals surface area (Å²) in [4.78, 5) is 12.5. The van der Waals surface area contributed by atoms with Crippen LogP contribution in [-0.4, -0.2) is 12.1 Å². The first kappa shape index (κ1) is 25.2. The van der Waals surface area contributed by atoms with Crippen LogP contribution in [0.2, 0.25) is 0 Å². The highest BCUT2D eigenvalue weighted by molar-refractivity contribution is 5.75. The molecule has 1 aromatic rings. The maximum Gasteiger partial charge on any atom is 0.316 e. The summed E-state index contributed by atoms with van der Waals surface area (Å²) in [5, 5.41) is 0. The average Bonchev–Trinajstić information content (AvgIpc) is 2.84. The molecule has 3 aliphatic rings. The number of carbonyl (C=O) groups excluding carboxylic acids is 1. The van der Waals surface area contributed by atoms with E-state index in [0.29, 0.717) is 55.6 Å². The smallest absolute Gasteiger partial charge is 0.316 e. The van der Waals surface area contributed by atoms with Crippen LogP contribution in [-0.2, 0) is 9.53 Å². The third kappa shape index (κ3) is 5.21. The molecule has 4 rings (SSSR count). The van der Waals surface area contributed by atoms with Gasteiger partial charge in [0.2, 0.25) is 0 Å². The van der Waals surface area contributed by atoms with E-state index in [-0.39, 0.29) is 18.3 Å². The summed E-state index contributed by atoms with van der Waals surface area (Å²) >= 11 is 0. The molecule has 0 bridgehead atoms. The van der Waals surface area contributed by atoms with Crippen LogP contribution in [0.5, 0.6) is 0 Å². The number of halogens is 4. The summed E-state index contributed by atoms with van der Waals surface area (Å²) in [6.45, 7) is 4.00. The Balaban J connectivity index is 1.34. The van der Waals surface area contributed by atoms with E-state index in [1.54, 1.807) is 19.1 Å². The summed E-state index contributed by atoms with van der Waals surface area (Å²) in [6.07, 6.45) is 6.78. The van der Waals surface area contributed by atoms with Gasteiger partial charge in [0, 0.05) is 5.92 Å². The second-order valence-corrected chi connectivity index (χ2v) is 10.7. The van der Waals surface area contributed by atoms with E-state index in [2.05, 4.69) is 6.92 Å². The lowest BCUT2D eigenvalue weighted by atomic mass is 9.77. The van der Waals surface area contributed by atoms with Gasteiger partial charge < -0.3 is 4.74 Å². The van der Waals surface area contributed by atoms with E-state index < -0.39 is 47.2 Å². The van der Waals surface area contributed by atoms with E-state index in [0.717, 1.165) is 25.7 Å². The van der Waals surface area contributed by atoms with Gasteiger partial charge in [-0.1, -0.05) is 38.8 Å². The molecule has 0 amide bonds. The van der Waals surface area contributed by atoms with Crippen LogP contribution in [0.1, 0.15) is 107 Å². The van der Waals surface area contributed by atoms with E-state index >= 15 is 4.39 Å². The Bertz CT molecular complexity index is 911. The molecule has 2 atom stereocenters. The molecule has 0 saturated heterocycles. The van der Waals surface area contributed by atoms with Gasteiger partial charge in [0.25, 0.3) is 0 Å². The molecule has 2 unspecified atom stereocenters. The predicted octanol–water partition coefficient (Wildman–Crippen LogP) is 8.41. The maximum absolute atomic E-state index is 15.0. The van der Waals surface area contributed by atoms with Crippen molar-refractivity contribution in [3.8, 4) is 0 Å². The number of carbonyl (C=O) groups is 1. The molecule has 188 valence electrons. The zero-order chi connectivity index (χ0) is 24.4. The third-order valence-corrected chi connectivity index (χ3v) is 8.47. The number of ether oxygens (including phenoxy) is 1. The second kappa shape index (κ2) is 10.8. The predicted molar refractivity (Wildman–Crippen MR) is 124 cm³/mol. The molecule has 0 radical (unpaired) electrons. The number of allylic oxidation sites excluding steroid dienone is 1. The Labute approximate surface area is 200 Å². The number of esters is 1. The Morgan fingerprint density at radius 2 is 1.32 bits per heavy atom. The topological polar surface area (TPSA) is 26.3 Å². The zero-order valence-corrected chi connectivity index (χ0v) is 20.2. The van der Waals surface area contributed by atoms with Crippen LogP contribution < -0.4 is 0 Å². The van der Waals surface area contributed by atoms with Gasteiger partial charge in [0.1, 0.15) is 23.7 Å². The van der Waals surface area contributed by atoms with Crippen LogP contribution in [0, 0.1) is 29.4 Å². The van der Waals surface area contributed by atoms with Crippen LogP contribution in [0.3, 0.4) is 0 Å². The van der Waals surface area contributed by atoms with Crippen LogP contribution in [0.4, 0.5) is 17.6 Å². The Morgan fingerprint density at radius 3 is 1.85 bits per heavy atom. The van der Waals surface area contributed by atoms with Crippen molar-refractivity contribution in [3.63, 3.8) is 0 Å². The summed E-state index contributed by atoms with van der Waals surface area (Å²) in [7, 11) is 0. The van der Waals surface area contributed by atoms with Crippen molar-refractivity contribution in [2.45, 2.75) is 102 Å². The van der Waals surface area contributed by atoms with Gasteiger partial charge in [-0.3, -0.25) is 4.79 Å². The fourth-order valence-electron chi connectivity index (χ4n) is 6.11. The fourth-order valence-corrected chi connectivity index (χ4v) is 6.11.